The molecular formula is C28H33ClFN3O4. The number of hydrogen-bond acceptors (Lipinski definition) is 5. The number of carbonyl (C=O) groups is 2. The Balaban J connectivity index is 1.20. The Morgan fingerprint density at radius 2 is 1.89 bits per heavy atom. The van der Waals surface area contributed by atoms with Gasteiger partial charge < -0.3 is 24.3 Å². The molecule has 7 nitrogen and oxygen atoms in total. The predicted molar refractivity (Wildman–Crippen MR) is 141 cm³/mol. The average molecular weight is 530 g/mol. The first kappa shape index (κ1) is 27.1. The number of nitrogens with zero attached hydrogens (tertiary/aromatic N) is 2. The number of amides is 1. The fourth-order valence-corrected chi connectivity index (χ4v) is 4.77. The molecule has 2 heterocycles. The molecule has 0 bridgehead atoms. The summed E-state index contributed by atoms with van der Waals surface area (Å²) in [5.74, 6) is -0.659. The van der Waals surface area contributed by atoms with Crippen LogP contribution in [0.3, 0.4) is 0 Å². The summed E-state index contributed by atoms with van der Waals surface area (Å²) < 4.78 is 27.0. The van der Waals surface area contributed by atoms with Crippen LogP contribution in [-0.4, -0.2) is 60.8 Å². The fraction of sp³-hybridized carbons (Fsp3) is 0.429. The van der Waals surface area contributed by atoms with E-state index in [2.05, 4.69) is 5.32 Å². The molecule has 198 valence electrons. The van der Waals surface area contributed by atoms with Crippen LogP contribution in [0.2, 0.25) is 5.02 Å². The summed E-state index contributed by atoms with van der Waals surface area (Å²) in [5, 5.41) is 4.95. The molecule has 1 aliphatic rings. The number of likely N-dealkylation sites (tertiary alicyclic amines) is 1. The third-order valence-corrected chi connectivity index (χ3v) is 6.89. The highest BCUT2D eigenvalue weighted by Crippen LogP contribution is 2.24. The molecule has 1 saturated heterocycles. The first-order valence-electron chi connectivity index (χ1n) is 12.7. The Morgan fingerprint density at radius 1 is 1.14 bits per heavy atom. The Morgan fingerprint density at radius 3 is 2.62 bits per heavy atom. The zero-order valence-electron chi connectivity index (χ0n) is 21.1. The number of rotatable bonds is 11. The fourth-order valence-electron chi connectivity index (χ4n) is 4.65. The Hall–Kier alpha value is -2.94. The zero-order valence-corrected chi connectivity index (χ0v) is 21.8. The van der Waals surface area contributed by atoms with Gasteiger partial charge >= 0.3 is 5.97 Å². The molecule has 1 fully saturated rings. The van der Waals surface area contributed by atoms with Crippen molar-refractivity contribution in [1.82, 2.24) is 14.8 Å². The molecule has 1 aliphatic heterocycles. The molecule has 9 heteroatoms. The van der Waals surface area contributed by atoms with E-state index < -0.39 is 0 Å². The van der Waals surface area contributed by atoms with E-state index in [1.54, 1.807) is 24.0 Å². The smallest absolute Gasteiger partial charge is 0.309 e. The molecule has 0 spiro atoms. The maximum atomic E-state index is 14.4. The number of halogens is 2. The number of aromatic nitrogens is 1. The van der Waals surface area contributed by atoms with Crippen LogP contribution in [0.4, 0.5) is 4.39 Å². The topological polar surface area (TPSA) is 72.8 Å². The van der Waals surface area contributed by atoms with Gasteiger partial charge in [-0.3, -0.25) is 9.59 Å². The van der Waals surface area contributed by atoms with Crippen LogP contribution in [0, 0.1) is 11.7 Å². The Bertz CT molecular complexity index is 1210. The number of ether oxygens (including phenoxy) is 2. The third kappa shape index (κ3) is 7.31. The van der Waals surface area contributed by atoms with E-state index in [1.165, 1.54) is 0 Å². The molecule has 0 unspecified atom stereocenters. The van der Waals surface area contributed by atoms with Gasteiger partial charge in [0.05, 0.1) is 24.6 Å². The Kier molecular flexibility index (Phi) is 9.55. The summed E-state index contributed by atoms with van der Waals surface area (Å²) in [6.07, 6.45) is 3.21. The standard InChI is InChI=1S/C28H33ClFN3O4/c1-2-37-28(35)21-7-11-32(12-8-21)27(34)19-36-14-10-31-17-22-15-24(30)16-26-25(22)9-13-33(26)18-20-3-5-23(29)6-4-20/h3-6,9,13,15-16,21,31H,2,7-8,10-12,14,17-19H2,1H3. The van der Waals surface area contributed by atoms with Crippen molar-refractivity contribution >= 4 is 34.4 Å². The highest BCUT2D eigenvalue weighted by molar-refractivity contribution is 6.30. The minimum Gasteiger partial charge on any atom is -0.466 e. The molecule has 0 radical (unpaired) electrons. The summed E-state index contributed by atoms with van der Waals surface area (Å²) >= 11 is 5.98. The van der Waals surface area contributed by atoms with Crippen LogP contribution in [0.15, 0.2) is 48.7 Å². The van der Waals surface area contributed by atoms with Gasteiger partial charge in [0.1, 0.15) is 12.4 Å². The van der Waals surface area contributed by atoms with Crippen LogP contribution in [0.25, 0.3) is 10.9 Å². The highest BCUT2D eigenvalue weighted by Gasteiger charge is 2.28. The number of nitrogens with one attached hydrogen (secondary N) is 1. The van der Waals surface area contributed by atoms with Crippen LogP contribution in [0.5, 0.6) is 0 Å². The third-order valence-electron chi connectivity index (χ3n) is 6.64. The van der Waals surface area contributed by atoms with E-state index in [0.29, 0.717) is 63.8 Å². The molecule has 37 heavy (non-hydrogen) atoms. The van der Waals surface area contributed by atoms with Crippen molar-refractivity contribution in [3.8, 4) is 0 Å². The van der Waals surface area contributed by atoms with Gasteiger partial charge in [0, 0.05) is 49.3 Å². The summed E-state index contributed by atoms with van der Waals surface area (Å²) in [5.41, 5.74) is 2.78. The van der Waals surface area contributed by atoms with Crippen molar-refractivity contribution in [2.24, 2.45) is 5.92 Å². The lowest BCUT2D eigenvalue weighted by Crippen LogP contribution is -2.42. The van der Waals surface area contributed by atoms with Crippen molar-refractivity contribution < 1.29 is 23.5 Å². The number of esters is 1. The second kappa shape index (κ2) is 13.0. The molecule has 1 amide bonds. The van der Waals surface area contributed by atoms with Crippen molar-refractivity contribution in [1.29, 1.82) is 0 Å². The highest BCUT2D eigenvalue weighted by atomic mass is 35.5. The number of carbonyl (C=O) groups excluding carboxylic acids is 2. The van der Waals surface area contributed by atoms with Gasteiger partial charge in [0.2, 0.25) is 5.91 Å². The van der Waals surface area contributed by atoms with Gasteiger partial charge in [-0.1, -0.05) is 23.7 Å². The largest absolute Gasteiger partial charge is 0.466 e. The minimum absolute atomic E-state index is 0.00348. The van der Waals surface area contributed by atoms with Crippen LogP contribution < -0.4 is 5.32 Å². The van der Waals surface area contributed by atoms with Crippen molar-refractivity contribution in [2.45, 2.75) is 32.9 Å². The first-order valence-corrected chi connectivity index (χ1v) is 13.1. The number of hydrogen-bond donors (Lipinski definition) is 1. The van der Waals surface area contributed by atoms with Gasteiger partial charge in [-0.15, -0.1) is 0 Å². The van der Waals surface area contributed by atoms with Crippen molar-refractivity contribution in [3.05, 3.63) is 70.6 Å². The van der Waals surface area contributed by atoms with Crippen LogP contribution >= 0.6 is 11.6 Å². The average Bonchev–Trinajstić information content (AvgIpc) is 3.29. The molecular weight excluding hydrogens is 497 g/mol. The number of fused-ring (bicyclic) bond motifs is 1. The molecule has 1 aromatic heterocycles. The monoisotopic (exact) mass is 529 g/mol. The molecule has 0 aliphatic carbocycles. The zero-order chi connectivity index (χ0) is 26.2. The first-order chi connectivity index (χ1) is 17.9. The van der Waals surface area contributed by atoms with E-state index in [9.17, 15) is 14.0 Å². The van der Waals surface area contributed by atoms with E-state index >= 15 is 0 Å². The second-order valence-corrected chi connectivity index (χ2v) is 9.64. The van der Waals surface area contributed by atoms with E-state index in [-0.39, 0.29) is 30.2 Å². The van der Waals surface area contributed by atoms with Gasteiger partial charge in [-0.2, -0.15) is 0 Å². The van der Waals surface area contributed by atoms with E-state index in [0.717, 1.165) is 22.0 Å². The minimum atomic E-state index is -0.283. The summed E-state index contributed by atoms with van der Waals surface area (Å²) in [6.45, 7) is 5.25. The molecule has 0 saturated carbocycles. The molecule has 0 atom stereocenters. The van der Waals surface area contributed by atoms with Gasteiger partial charge in [0.15, 0.2) is 0 Å². The quantitative estimate of drug-likeness (QED) is 0.295. The lowest BCUT2D eigenvalue weighted by atomic mass is 9.97. The SMILES string of the molecule is CCOC(=O)C1CCN(C(=O)COCCNCc2cc(F)cc3c2ccn3Cc2ccc(Cl)cc2)CC1. The molecule has 1 N–H and O–H groups in total. The lowest BCUT2D eigenvalue weighted by Gasteiger charge is -2.30. The van der Waals surface area contributed by atoms with Gasteiger partial charge in [-0.05, 0) is 61.2 Å². The van der Waals surface area contributed by atoms with Gasteiger partial charge in [-0.25, -0.2) is 4.39 Å². The number of benzene rings is 2. The number of piperidine rings is 1. The summed E-state index contributed by atoms with van der Waals surface area (Å²) in [6, 6.07) is 12.7. The van der Waals surface area contributed by atoms with Crippen molar-refractivity contribution in [2.75, 3.05) is 39.5 Å². The molecule has 3 aromatic rings. The van der Waals surface area contributed by atoms with E-state index in [1.807, 2.05) is 41.1 Å². The molecule has 4 rings (SSSR count). The summed E-state index contributed by atoms with van der Waals surface area (Å²) in [7, 11) is 0. The lowest BCUT2D eigenvalue weighted by molar-refractivity contribution is -0.151. The normalized spacial score (nSPS) is 14.3. The van der Waals surface area contributed by atoms with Gasteiger partial charge in [0.25, 0.3) is 0 Å². The van der Waals surface area contributed by atoms with E-state index in [4.69, 9.17) is 21.1 Å². The molecule has 2 aromatic carbocycles. The second-order valence-electron chi connectivity index (χ2n) is 9.20. The predicted octanol–water partition coefficient (Wildman–Crippen LogP) is 4.39. The van der Waals surface area contributed by atoms with Crippen LogP contribution in [0.1, 0.15) is 30.9 Å². The summed E-state index contributed by atoms with van der Waals surface area (Å²) in [4.78, 5) is 26.0. The van der Waals surface area contributed by atoms with Crippen LogP contribution in [-0.2, 0) is 32.2 Å². The maximum Gasteiger partial charge on any atom is 0.309 e. The Labute approximate surface area is 221 Å². The van der Waals surface area contributed by atoms with Crippen molar-refractivity contribution in [3.63, 3.8) is 0 Å². The maximum absolute atomic E-state index is 14.4.